The molecule has 114 valence electrons. The highest BCUT2D eigenvalue weighted by Crippen LogP contribution is 2.14. The molecule has 0 saturated carbocycles. The van der Waals surface area contributed by atoms with Gasteiger partial charge in [-0.2, -0.15) is 0 Å². The van der Waals surface area contributed by atoms with Crippen molar-refractivity contribution in [3.63, 3.8) is 0 Å². The summed E-state index contributed by atoms with van der Waals surface area (Å²) in [7, 11) is 0. The van der Waals surface area contributed by atoms with Gasteiger partial charge in [-0.15, -0.1) is 5.10 Å². The Morgan fingerprint density at radius 2 is 1.91 bits per heavy atom. The van der Waals surface area contributed by atoms with E-state index in [2.05, 4.69) is 32.1 Å². The van der Waals surface area contributed by atoms with Crippen molar-refractivity contribution in [2.24, 2.45) is 0 Å². The van der Waals surface area contributed by atoms with Crippen LogP contribution in [-0.2, 0) is 13.0 Å². The van der Waals surface area contributed by atoms with E-state index in [-0.39, 0.29) is 5.69 Å². The van der Waals surface area contributed by atoms with Crippen LogP contribution in [0.25, 0.3) is 16.6 Å². The zero-order valence-electron chi connectivity index (χ0n) is 12.2. The van der Waals surface area contributed by atoms with Crippen molar-refractivity contribution in [3.05, 3.63) is 75.4 Å². The lowest BCUT2D eigenvalue weighted by Crippen LogP contribution is -2.22. The highest BCUT2D eigenvalue weighted by molar-refractivity contribution is 9.10. The number of pyridine rings is 2. The molecule has 0 unspecified atom stereocenters. The smallest absolute Gasteiger partial charge is 0.253 e. The number of hydrogen-bond acceptors (Lipinski definition) is 3. The summed E-state index contributed by atoms with van der Waals surface area (Å²) in [4.78, 5) is 17.0. The van der Waals surface area contributed by atoms with Gasteiger partial charge < -0.3 is 0 Å². The van der Waals surface area contributed by atoms with E-state index in [1.54, 1.807) is 6.20 Å². The van der Waals surface area contributed by atoms with E-state index in [4.69, 9.17) is 0 Å². The lowest BCUT2D eigenvalue weighted by molar-refractivity contribution is 0.588. The molecule has 0 bridgehead atoms. The third-order valence-electron chi connectivity index (χ3n) is 3.80. The minimum absolute atomic E-state index is 0.137. The average molecular weight is 369 g/mol. The minimum atomic E-state index is -0.137. The third kappa shape index (κ3) is 2.55. The number of para-hydroxylation sites is 1. The zero-order valence-corrected chi connectivity index (χ0v) is 13.8. The fourth-order valence-corrected chi connectivity index (χ4v) is 3.04. The second-order valence-electron chi connectivity index (χ2n) is 5.30. The molecular formula is C17H13BrN4O. The molecule has 1 aromatic carbocycles. The Morgan fingerprint density at radius 1 is 1.04 bits per heavy atom. The Bertz CT molecular complexity index is 1070. The van der Waals surface area contributed by atoms with Crippen LogP contribution in [-0.4, -0.2) is 19.2 Å². The minimum Gasteiger partial charge on any atom is -0.253 e. The Kier molecular flexibility index (Phi) is 3.46. The number of benzene rings is 1. The molecule has 0 aliphatic rings. The van der Waals surface area contributed by atoms with Crippen molar-refractivity contribution in [2.45, 2.75) is 13.0 Å². The molecule has 4 rings (SSSR count). The summed E-state index contributed by atoms with van der Waals surface area (Å²) in [6.07, 6.45) is 2.38. The van der Waals surface area contributed by atoms with Gasteiger partial charge in [-0.25, -0.2) is 13.9 Å². The van der Waals surface area contributed by atoms with Gasteiger partial charge in [0.15, 0.2) is 5.65 Å². The van der Waals surface area contributed by atoms with E-state index >= 15 is 0 Å². The largest absolute Gasteiger partial charge is 0.350 e. The number of nitrogens with zero attached hydrogens (tertiary/aromatic N) is 4. The Labute approximate surface area is 140 Å². The molecule has 3 aromatic heterocycles. The van der Waals surface area contributed by atoms with Gasteiger partial charge in [-0.1, -0.05) is 24.3 Å². The number of hydrogen-bond donors (Lipinski definition) is 0. The van der Waals surface area contributed by atoms with Crippen molar-refractivity contribution in [2.75, 3.05) is 0 Å². The van der Waals surface area contributed by atoms with Crippen molar-refractivity contribution in [3.8, 4) is 0 Å². The summed E-state index contributed by atoms with van der Waals surface area (Å²) in [5.74, 6) is 0. The molecule has 0 atom stereocenters. The molecule has 0 fully saturated rings. The monoisotopic (exact) mass is 368 g/mol. The van der Waals surface area contributed by atoms with Crippen LogP contribution in [0.1, 0.15) is 5.69 Å². The number of aryl methyl sites for hydroxylation is 2. The van der Waals surface area contributed by atoms with Crippen LogP contribution < -0.4 is 5.69 Å². The Hall–Kier alpha value is -2.47. The second kappa shape index (κ2) is 5.62. The van der Waals surface area contributed by atoms with Crippen LogP contribution in [0.2, 0.25) is 0 Å². The van der Waals surface area contributed by atoms with Crippen LogP contribution in [0.3, 0.4) is 0 Å². The van der Waals surface area contributed by atoms with Gasteiger partial charge in [0.2, 0.25) is 0 Å². The molecule has 3 heterocycles. The van der Waals surface area contributed by atoms with Crippen molar-refractivity contribution >= 4 is 32.5 Å². The summed E-state index contributed by atoms with van der Waals surface area (Å²) in [6.45, 7) is 0.498. The highest BCUT2D eigenvalue weighted by Gasteiger charge is 2.09. The quantitative estimate of drug-likeness (QED) is 0.558. The Morgan fingerprint density at radius 3 is 2.78 bits per heavy atom. The number of aromatic nitrogens is 4. The van der Waals surface area contributed by atoms with Crippen molar-refractivity contribution < 1.29 is 0 Å². The number of halogens is 1. The second-order valence-corrected chi connectivity index (χ2v) is 6.16. The normalized spacial score (nSPS) is 11.3. The van der Waals surface area contributed by atoms with Crippen LogP contribution in [0.4, 0.5) is 0 Å². The fraction of sp³-hybridized carbons (Fsp3) is 0.118. The average Bonchev–Trinajstić information content (AvgIpc) is 2.91. The van der Waals surface area contributed by atoms with E-state index < -0.39 is 0 Å². The molecule has 0 spiro atoms. The Balaban J connectivity index is 1.64. The van der Waals surface area contributed by atoms with E-state index in [9.17, 15) is 4.79 Å². The molecule has 0 amide bonds. The maximum absolute atomic E-state index is 12.3. The lowest BCUT2D eigenvalue weighted by Gasteiger charge is -2.02. The van der Waals surface area contributed by atoms with E-state index in [1.165, 1.54) is 9.08 Å². The summed E-state index contributed by atoms with van der Waals surface area (Å²) < 4.78 is 3.83. The van der Waals surface area contributed by atoms with E-state index in [0.717, 1.165) is 21.1 Å². The molecule has 0 aliphatic carbocycles. The van der Waals surface area contributed by atoms with Gasteiger partial charge in [0.25, 0.3) is 0 Å². The van der Waals surface area contributed by atoms with Gasteiger partial charge in [-0.05, 0) is 40.2 Å². The zero-order chi connectivity index (χ0) is 15.8. The molecule has 0 saturated heterocycles. The summed E-state index contributed by atoms with van der Waals surface area (Å²) >= 11 is 3.42. The predicted octanol–water partition coefficient (Wildman–Crippen LogP) is 3.05. The molecule has 0 radical (unpaired) electrons. The maximum Gasteiger partial charge on any atom is 0.350 e. The number of rotatable bonds is 3. The van der Waals surface area contributed by atoms with Gasteiger partial charge in [0.05, 0.1) is 16.5 Å². The lowest BCUT2D eigenvalue weighted by atomic mass is 10.2. The van der Waals surface area contributed by atoms with Crippen LogP contribution in [0.5, 0.6) is 0 Å². The van der Waals surface area contributed by atoms with Crippen molar-refractivity contribution in [1.29, 1.82) is 0 Å². The summed E-state index contributed by atoms with van der Waals surface area (Å²) in [6, 6.07) is 15.7. The topological polar surface area (TPSA) is 52.2 Å². The van der Waals surface area contributed by atoms with Gasteiger partial charge in [-0.3, -0.25) is 4.98 Å². The van der Waals surface area contributed by atoms with Crippen LogP contribution in [0, 0.1) is 0 Å². The van der Waals surface area contributed by atoms with E-state index in [1.807, 2.05) is 42.5 Å². The first-order chi connectivity index (χ1) is 11.2. The van der Waals surface area contributed by atoms with E-state index in [0.29, 0.717) is 18.6 Å². The standard InChI is InChI=1S/C17H13BrN4O/c18-14-5-3-10-21-16(14)20-22(17(21)23)11-9-13-8-7-12-4-1-2-6-15(12)19-13/h1-8,10H,9,11H2. The summed E-state index contributed by atoms with van der Waals surface area (Å²) in [5.41, 5.74) is 2.41. The first-order valence-corrected chi connectivity index (χ1v) is 8.10. The molecular weight excluding hydrogens is 356 g/mol. The van der Waals surface area contributed by atoms with Gasteiger partial charge in [0.1, 0.15) is 0 Å². The molecule has 0 aliphatic heterocycles. The molecule has 0 N–H and O–H groups in total. The first kappa shape index (κ1) is 14.1. The van der Waals surface area contributed by atoms with Gasteiger partial charge in [0, 0.05) is 23.7 Å². The third-order valence-corrected chi connectivity index (χ3v) is 4.42. The molecule has 6 heteroatoms. The fourth-order valence-electron chi connectivity index (χ4n) is 2.62. The molecule has 23 heavy (non-hydrogen) atoms. The highest BCUT2D eigenvalue weighted by atomic mass is 79.9. The number of fused-ring (bicyclic) bond motifs is 2. The molecule has 4 aromatic rings. The van der Waals surface area contributed by atoms with Crippen molar-refractivity contribution in [1.82, 2.24) is 19.2 Å². The maximum atomic E-state index is 12.3. The summed E-state index contributed by atoms with van der Waals surface area (Å²) in [5, 5.41) is 5.50. The van der Waals surface area contributed by atoms with Gasteiger partial charge >= 0.3 is 5.69 Å². The predicted molar refractivity (Wildman–Crippen MR) is 92.6 cm³/mol. The molecule has 5 nitrogen and oxygen atoms in total. The van der Waals surface area contributed by atoms with Crippen LogP contribution >= 0.6 is 15.9 Å². The van der Waals surface area contributed by atoms with Crippen LogP contribution in [0.15, 0.2) is 64.0 Å². The SMILES string of the molecule is O=c1n(CCc2ccc3ccccc3n2)nc2c(Br)cccn12. The first-order valence-electron chi connectivity index (χ1n) is 7.31.